The third-order valence-corrected chi connectivity index (χ3v) is 5.40. The second-order valence-electron chi connectivity index (χ2n) is 6.77. The maximum absolute atomic E-state index is 14.2. The molecule has 0 aliphatic rings. The summed E-state index contributed by atoms with van der Waals surface area (Å²) in [5, 5.41) is 24.1. The number of aromatic nitrogens is 4. The molecule has 0 aliphatic carbocycles. The molecule has 0 saturated heterocycles. The molecule has 0 saturated carbocycles. The fourth-order valence-electron chi connectivity index (χ4n) is 2.69. The van der Waals surface area contributed by atoms with Gasteiger partial charge in [-0.05, 0) is 30.7 Å². The highest BCUT2D eigenvalue weighted by Gasteiger charge is 2.38. The van der Waals surface area contributed by atoms with Gasteiger partial charge in [-0.25, -0.2) is 13.4 Å². The van der Waals surface area contributed by atoms with E-state index in [1.54, 1.807) is 6.07 Å². The summed E-state index contributed by atoms with van der Waals surface area (Å²) in [6.07, 6.45) is -3.82. The number of carbonyl (C=O) groups is 1. The van der Waals surface area contributed by atoms with Crippen LogP contribution in [0.4, 0.5) is 23.2 Å². The minimum absolute atomic E-state index is 0.0180. The van der Waals surface area contributed by atoms with Crippen LogP contribution in [0.2, 0.25) is 0 Å². The lowest BCUT2D eigenvalue weighted by atomic mass is 10.1. The minimum Gasteiger partial charge on any atom is -0.414 e. The lowest BCUT2D eigenvalue weighted by molar-refractivity contribution is -0.142. The lowest BCUT2D eigenvalue weighted by Gasteiger charge is -2.16. The molecule has 2 N–H and O–H groups in total. The molecular weight excluding hydrogens is 482 g/mol. The molecule has 34 heavy (non-hydrogen) atoms. The monoisotopic (exact) mass is 495 g/mol. The van der Waals surface area contributed by atoms with Gasteiger partial charge < -0.3 is 10.1 Å². The predicted octanol–water partition coefficient (Wildman–Crippen LogP) is 3.68. The lowest BCUT2D eigenvalue weighted by Crippen LogP contribution is -2.21. The molecule has 0 bridgehead atoms. The summed E-state index contributed by atoms with van der Waals surface area (Å²) < 4.78 is 79.0. The van der Waals surface area contributed by atoms with E-state index in [1.165, 1.54) is 24.3 Å². The van der Waals surface area contributed by atoms with E-state index in [0.717, 1.165) is 13.2 Å². The van der Waals surface area contributed by atoms with Gasteiger partial charge in [-0.2, -0.15) is 18.4 Å². The number of ether oxygens (including phenoxy) is 1. The Balaban J connectivity index is 2.08. The number of hydrogen-bond acceptors (Lipinski definition) is 9. The van der Waals surface area contributed by atoms with E-state index in [-0.39, 0.29) is 16.3 Å². The van der Waals surface area contributed by atoms with Gasteiger partial charge in [0.2, 0.25) is 0 Å². The van der Waals surface area contributed by atoms with Gasteiger partial charge >= 0.3 is 6.18 Å². The highest BCUT2D eigenvalue weighted by atomic mass is 32.2. The van der Waals surface area contributed by atoms with Gasteiger partial charge in [0.05, 0.1) is 9.73 Å². The Kier molecular flexibility index (Phi) is 6.46. The van der Waals surface area contributed by atoms with Crippen molar-refractivity contribution in [2.24, 2.45) is 0 Å². The first-order valence-electron chi connectivity index (χ1n) is 9.02. The summed E-state index contributed by atoms with van der Waals surface area (Å²) in [5.41, 5.74) is -3.26. The highest BCUT2D eigenvalue weighted by molar-refractivity contribution is 7.91. The van der Waals surface area contributed by atoms with Crippen LogP contribution >= 0.6 is 0 Å². The molecule has 1 amide bonds. The number of anilines is 1. The van der Waals surface area contributed by atoms with Crippen LogP contribution in [0.1, 0.15) is 27.3 Å². The van der Waals surface area contributed by atoms with Gasteiger partial charge in [-0.1, -0.05) is 6.07 Å². The number of nitrogens with one attached hydrogen (secondary N) is 2. The SMILES string of the molecule is Cc1c(C(F)(F)F)nnc(Oc2nnc(C#N)cc2F)c1C(=O)Nc1cccc(S(C)(=N)=O)c1. The van der Waals surface area contributed by atoms with E-state index in [2.05, 4.69) is 25.7 Å². The Labute approximate surface area is 189 Å². The maximum atomic E-state index is 14.2. The second kappa shape index (κ2) is 8.98. The number of halogens is 4. The Hall–Kier alpha value is -4.19. The van der Waals surface area contributed by atoms with E-state index in [0.29, 0.717) is 6.07 Å². The normalized spacial score (nSPS) is 13.0. The van der Waals surface area contributed by atoms with Crippen LogP contribution in [0.15, 0.2) is 35.2 Å². The van der Waals surface area contributed by atoms with E-state index in [9.17, 15) is 26.6 Å². The molecule has 10 nitrogen and oxygen atoms in total. The maximum Gasteiger partial charge on any atom is 0.435 e. The molecule has 0 aliphatic heterocycles. The first-order valence-corrected chi connectivity index (χ1v) is 11.0. The standard InChI is InChI=1S/C19H13F4N7O3S/c1-9-14(16(31)26-10-4-3-5-12(6-10)34(2,25)32)18(30-28-15(9)19(21,22)23)33-17-13(20)7-11(8-24)27-29-17/h3-7,25H,1-2H3,(H,26,31). The number of amides is 1. The topological polar surface area (TPSA) is 155 Å². The third-order valence-electron chi connectivity index (χ3n) is 4.25. The number of carbonyl (C=O) groups excluding carboxylic acids is 1. The van der Waals surface area contributed by atoms with Crippen molar-refractivity contribution >= 4 is 21.3 Å². The van der Waals surface area contributed by atoms with Crippen LogP contribution in [0.5, 0.6) is 11.8 Å². The zero-order chi connectivity index (χ0) is 25.3. The summed E-state index contributed by atoms with van der Waals surface area (Å²) in [4.78, 5) is 13.0. The van der Waals surface area contributed by atoms with Gasteiger partial charge in [0.25, 0.3) is 17.7 Å². The molecule has 2 heterocycles. The van der Waals surface area contributed by atoms with Crippen molar-refractivity contribution < 1.29 is 31.3 Å². The van der Waals surface area contributed by atoms with Gasteiger partial charge in [-0.3, -0.25) is 4.79 Å². The van der Waals surface area contributed by atoms with Crippen molar-refractivity contribution in [1.29, 1.82) is 10.0 Å². The Morgan fingerprint density at radius 3 is 2.44 bits per heavy atom. The van der Waals surface area contributed by atoms with Gasteiger partial charge in [0.15, 0.2) is 17.2 Å². The van der Waals surface area contributed by atoms with Crippen molar-refractivity contribution in [1.82, 2.24) is 20.4 Å². The average Bonchev–Trinajstić information content (AvgIpc) is 2.73. The second-order valence-corrected chi connectivity index (χ2v) is 8.93. The average molecular weight is 495 g/mol. The number of rotatable bonds is 5. The fourth-order valence-corrected chi connectivity index (χ4v) is 3.38. The zero-order valence-corrected chi connectivity index (χ0v) is 18.1. The molecule has 0 spiro atoms. The minimum atomic E-state index is -4.97. The van der Waals surface area contributed by atoms with Crippen LogP contribution < -0.4 is 10.1 Å². The molecule has 15 heteroatoms. The van der Waals surface area contributed by atoms with Crippen molar-refractivity contribution in [2.75, 3.05) is 11.6 Å². The van der Waals surface area contributed by atoms with E-state index in [1.807, 2.05) is 0 Å². The fraction of sp³-hybridized carbons (Fsp3) is 0.158. The first-order chi connectivity index (χ1) is 15.8. The molecule has 176 valence electrons. The van der Waals surface area contributed by atoms with Crippen LogP contribution in [0, 0.1) is 28.9 Å². The largest absolute Gasteiger partial charge is 0.435 e. The smallest absolute Gasteiger partial charge is 0.414 e. The summed E-state index contributed by atoms with van der Waals surface area (Å²) in [7, 11) is -3.15. The van der Waals surface area contributed by atoms with Crippen LogP contribution in [0.3, 0.4) is 0 Å². The van der Waals surface area contributed by atoms with Crippen molar-refractivity contribution in [2.45, 2.75) is 18.0 Å². The molecule has 1 unspecified atom stereocenters. The van der Waals surface area contributed by atoms with Crippen molar-refractivity contribution in [3.8, 4) is 17.8 Å². The Morgan fingerprint density at radius 2 is 1.85 bits per heavy atom. The number of alkyl halides is 3. The molecule has 2 aromatic heterocycles. The third kappa shape index (κ3) is 5.23. The van der Waals surface area contributed by atoms with E-state index < -0.39 is 56.2 Å². The highest BCUT2D eigenvalue weighted by Crippen LogP contribution is 2.35. The summed E-state index contributed by atoms with van der Waals surface area (Å²) in [5.74, 6) is -3.99. The van der Waals surface area contributed by atoms with Gasteiger partial charge in [0.1, 0.15) is 11.6 Å². The Morgan fingerprint density at radius 1 is 1.18 bits per heavy atom. The molecule has 1 atom stereocenters. The molecule has 3 aromatic rings. The van der Waals surface area contributed by atoms with Crippen molar-refractivity contribution in [3.05, 3.63) is 58.7 Å². The molecular formula is C19H13F4N7O3S. The quantitative estimate of drug-likeness (QED) is 0.508. The number of hydrogen-bond donors (Lipinski definition) is 2. The summed E-state index contributed by atoms with van der Waals surface area (Å²) >= 11 is 0. The Bertz CT molecular complexity index is 1440. The summed E-state index contributed by atoms with van der Waals surface area (Å²) in [6, 6.07) is 7.55. The number of benzene rings is 1. The van der Waals surface area contributed by atoms with Crippen LogP contribution in [-0.2, 0) is 15.9 Å². The molecule has 0 radical (unpaired) electrons. The first kappa shape index (κ1) is 24.5. The van der Waals surface area contributed by atoms with Gasteiger partial charge in [0, 0.05) is 22.9 Å². The number of nitrogens with zero attached hydrogens (tertiary/aromatic N) is 5. The number of nitriles is 1. The van der Waals surface area contributed by atoms with E-state index >= 15 is 0 Å². The molecule has 3 rings (SSSR count). The van der Waals surface area contributed by atoms with Crippen LogP contribution in [-0.4, -0.2) is 36.8 Å². The molecule has 1 aromatic carbocycles. The summed E-state index contributed by atoms with van der Waals surface area (Å²) in [6.45, 7) is 0.944. The van der Waals surface area contributed by atoms with Crippen molar-refractivity contribution in [3.63, 3.8) is 0 Å². The van der Waals surface area contributed by atoms with E-state index in [4.69, 9.17) is 14.8 Å². The zero-order valence-electron chi connectivity index (χ0n) is 17.3. The van der Waals surface area contributed by atoms with Crippen LogP contribution in [0.25, 0.3) is 0 Å². The molecule has 0 fully saturated rings. The van der Waals surface area contributed by atoms with Gasteiger partial charge in [-0.15, -0.1) is 20.4 Å². The predicted molar refractivity (Wildman–Crippen MR) is 108 cm³/mol.